The molecule has 2 unspecified atom stereocenters. The van der Waals surface area contributed by atoms with Gasteiger partial charge in [0.05, 0.1) is 12.7 Å². The second-order valence-electron chi connectivity index (χ2n) is 6.14. The van der Waals surface area contributed by atoms with Gasteiger partial charge < -0.3 is 14.8 Å². The second-order valence-corrected chi connectivity index (χ2v) is 6.14. The SMILES string of the molecule is CCNC1CCc2cc(OCCCC3CCCO3)ccc21. The number of benzene rings is 1. The van der Waals surface area contributed by atoms with E-state index in [1.165, 1.54) is 36.8 Å². The zero-order chi connectivity index (χ0) is 14.5. The standard InChI is InChI=1S/C18H27NO2/c1-2-19-18-10-7-14-13-16(8-9-17(14)18)21-12-4-6-15-5-3-11-20-15/h8-9,13,15,18-19H,2-7,10-12H2,1H3. The van der Waals surface area contributed by atoms with Crippen LogP contribution in [0.2, 0.25) is 0 Å². The van der Waals surface area contributed by atoms with E-state index >= 15 is 0 Å². The number of fused-ring (bicyclic) bond motifs is 1. The molecule has 21 heavy (non-hydrogen) atoms. The van der Waals surface area contributed by atoms with E-state index in [1.54, 1.807) is 0 Å². The average Bonchev–Trinajstić information content (AvgIpc) is 3.14. The van der Waals surface area contributed by atoms with Crippen LogP contribution in [-0.4, -0.2) is 25.9 Å². The number of ether oxygens (including phenoxy) is 2. The molecule has 0 aromatic heterocycles. The van der Waals surface area contributed by atoms with Crippen molar-refractivity contribution in [2.24, 2.45) is 0 Å². The van der Waals surface area contributed by atoms with Gasteiger partial charge in [-0.25, -0.2) is 0 Å². The molecule has 1 aromatic carbocycles. The Labute approximate surface area is 128 Å². The molecule has 3 rings (SSSR count). The summed E-state index contributed by atoms with van der Waals surface area (Å²) in [6, 6.07) is 7.14. The summed E-state index contributed by atoms with van der Waals surface area (Å²) in [5, 5.41) is 3.55. The van der Waals surface area contributed by atoms with Crippen molar-refractivity contribution in [3.63, 3.8) is 0 Å². The second kappa shape index (κ2) is 7.28. The van der Waals surface area contributed by atoms with Gasteiger partial charge in [-0.3, -0.25) is 0 Å². The van der Waals surface area contributed by atoms with Crippen LogP contribution in [-0.2, 0) is 11.2 Å². The number of hydrogen-bond acceptors (Lipinski definition) is 3. The first-order valence-corrected chi connectivity index (χ1v) is 8.47. The molecule has 1 aromatic rings. The van der Waals surface area contributed by atoms with E-state index in [0.29, 0.717) is 12.1 Å². The topological polar surface area (TPSA) is 30.5 Å². The summed E-state index contributed by atoms with van der Waals surface area (Å²) in [4.78, 5) is 0. The van der Waals surface area contributed by atoms with Gasteiger partial charge in [0.25, 0.3) is 0 Å². The first-order valence-electron chi connectivity index (χ1n) is 8.47. The van der Waals surface area contributed by atoms with Crippen LogP contribution < -0.4 is 10.1 Å². The van der Waals surface area contributed by atoms with Crippen LogP contribution in [0.3, 0.4) is 0 Å². The van der Waals surface area contributed by atoms with Crippen LogP contribution >= 0.6 is 0 Å². The Morgan fingerprint density at radius 3 is 3.10 bits per heavy atom. The molecule has 1 aliphatic heterocycles. The lowest BCUT2D eigenvalue weighted by Gasteiger charge is -2.13. The van der Waals surface area contributed by atoms with Crippen LogP contribution in [0.1, 0.15) is 56.2 Å². The van der Waals surface area contributed by atoms with E-state index in [4.69, 9.17) is 9.47 Å². The molecule has 1 fully saturated rings. The van der Waals surface area contributed by atoms with Crippen LogP contribution in [0.5, 0.6) is 5.75 Å². The Hall–Kier alpha value is -1.06. The zero-order valence-electron chi connectivity index (χ0n) is 13.1. The maximum absolute atomic E-state index is 5.91. The fraction of sp³-hybridized carbons (Fsp3) is 0.667. The summed E-state index contributed by atoms with van der Waals surface area (Å²) in [6.45, 7) is 4.95. The van der Waals surface area contributed by atoms with Gasteiger partial charge in [-0.2, -0.15) is 0 Å². The Bertz CT molecular complexity index is 455. The van der Waals surface area contributed by atoms with Crippen LogP contribution in [0.4, 0.5) is 0 Å². The molecule has 0 saturated carbocycles. The maximum atomic E-state index is 5.91. The average molecular weight is 289 g/mol. The summed E-state index contributed by atoms with van der Waals surface area (Å²) in [5.74, 6) is 1.03. The number of rotatable bonds is 7. The molecule has 0 amide bonds. The predicted octanol–water partition coefficient (Wildman–Crippen LogP) is 3.62. The lowest BCUT2D eigenvalue weighted by atomic mass is 10.1. The summed E-state index contributed by atoms with van der Waals surface area (Å²) in [6.07, 6.45) is 7.53. The minimum Gasteiger partial charge on any atom is -0.494 e. The molecular weight excluding hydrogens is 262 g/mol. The summed E-state index contributed by atoms with van der Waals surface area (Å²) in [5.41, 5.74) is 2.92. The van der Waals surface area contributed by atoms with Crippen molar-refractivity contribution in [2.75, 3.05) is 19.8 Å². The van der Waals surface area contributed by atoms with E-state index in [0.717, 1.165) is 38.3 Å². The molecule has 2 aliphatic rings. The third kappa shape index (κ3) is 3.78. The monoisotopic (exact) mass is 289 g/mol. The highest BCUT2D eigenvalue weighted by molar-refractivity contribution is 5.40. The van der Waals surface area contributed by atoms with Crippen molar-refractivity contribution in [3.05, 3.63) is 29.3 Å². The van der Waals surface area contributed by atoms with E-state index in [2.05, 4.69) is 30.4 Å². The van der Waals surface area contributed by atoms with Crippen molar-refractivity contribution in [1.82, 2.24) is 5.32 Å². The molecule has 116 valence electrons. The Morgan fingerprint density at radius 2 is 2.29 bits per heavy atom. The van der Waals surface area contributed by atoms with Gasteiger partial charge in [0, 0.05) is 12.6 Å². The minimum atomic E-state index is 0.481. The molecule has 1 N–H and O–H groups in total. The minimum absolute atomic E-state index is 0.481. The van der Waals surface area contributed by atoms with Crippen molar-refractivity contribution < 1.29 is 9.47 Å². The van der Waals surface area contributed by atoms with Gasteiger partial charge in [0.1, 0.15) is 5.75 Å². The van der Waals surface area contributed by atoms with Gasteiger partial charge in [-0.1, -0.05) is 13.0 Å². The highest BCUT2D eigenvalue weighted by atomic mass is 16.5. The molecule has 0 spiro atoms. The first kappa shape index (κ1) is 14.9. The van der Waals surface area contributed by atoms with Crippen LogP contribution in [0.15, 0.2) is 18.2 Å². The van der Waals surface area contributed by atoms with Crippen molar-refractivity contribution in [3.8, 4) is 5.75 Å². The van der Waals surface area contributed by atoms with Gasteiger partial charge >= 0.3 is 0 Å². The maximum Gasteiger partial charge on any atom is 0.119 e. The third-order valence-corrected chi connectivity index (χ3v) is 4.61. The number of nitrogens with one attached hydrogen (secondary N) is 1. The third-order valence-electron chi connectivity index (χ3n) is 4.61. The van der Waals surface area contributed by atoms with E-state index in [-0.39, 0.29) is 0 Å². The zero-order valence-corrected chi connectivity index (χ0v) is 13.1. The normalized spacial score (nSPS) is 24.2. The lowest BCUT2D eigenvalue weighted by Crippen LogP contribution is -2.18. The molecule has 1 saturated heterocycles. The fourth-order valence-electron chi connectivity index (χ4n) is 3.52. The molecule has 2 atom stereocenters. The van der Waals surface area contributed by atoms with E-state index in [9.17, 15) is 0 Å². The molecule has 0 radical (unpaired) electrons. The Kier molecular flexibility index (Phi) is 5.15. The van der Waals surface area contributed by atoms with Gasteiger partial charge in [0.15, 0.2) is 0 Å². The smallest absolute Gasteiger partial charge is 0.119 e. The molecule has 3 heteroatoms. The van der Waals surface area contributed by atoms with Crippen molar-refractivity contribution >= 4 is 0 Å². The predicted molar refractivity (Wildman–Crippen MR) is 84.9 cm³/mol. The molecule has 1 aliphatic carbocycles. The highest BCUT2D eigenvalue weighted by Crippen LogP contribution is 2.33. The summed E-state index contributed by atoms with van der Waals surface area (Å²) < 4.78 is 11.5. The van der Waals surface area contributed by atoms with Gasteiger partial charge in [-0.05, 0) is 68.3 Å². The molecule has 3 nitrogen and oxygen atoms in total. The largest absolute Gasteiger partial charge is 0.494 e. The van der Waals surface area contributed by atoms with Crippen molar-refractivity contribution in [2.45, 2.75) is 57.6 Å². The van der Waals surface area contributed by atoms with E-state index < -0.39 is 0 Å². The molecular formula is C18H27NO2. The highest BCUT2D eigenvalue weighted by Gasteiger charge is 2.21. The Balaban J connectivity index is 1.46. The first-order chi connectivity index (χ1) is 10.4. The number of hydrogen-bond donors (Lipinski definition) is 1. The number of aryl methyl sites for hydroxylation is 1. The van der Waals surface area contributed by atoms with Crippen molar-refractivity contribution in [1.29, 1.82) is 0 Å². The Morgan fingerprint density at radius 1 is 1.33 bits per heavy atom. The molecule has 1 heterocycles. The fourth-order valence-corrected chi connectivity index (χ4v) is 3.52. The van der Waals surface area contributed by atoms with E-state index in [1.807, 2.05) is 0 Å². The van der Waals surface area contributed by atoms with Crippen LogP contribution in [0, 0.1) is 0 Å². The van der Waals surface area contributed by atoms with Gasteiger partial charge in [-0.15, -0.1) is 0 Å². The van der Waals surface area contributed by atoms with Crippen LogP contribution in [0.25, 0.3) is 0 Å². The summed E-state index contributed by atoms with van der Waals surface area (Å²) >= 11 is 0. The summed E-state index contributed by atoms with van der Waals surface area (Å²) in [7, 11) is 0. The van der Waals surface area contributed by atoms with Gasteiger partial charge in [0.2, 0.25) is 0 Å². The quantitative estimate of drug-likeness (QED) is 0.778. The molecule has 0 bridgehead atoms. The lowest BCUT2D eigenvalue weighted by molar-refractivity contribution is 0.0981.